The zero-order valence-electron chi connectivity index (χ0n) is 10.5. The van der Waals surface area contributed by atoms with Gasteiger partial charge in [0, 0.05) is 12.6 Å². The average Bonchev–Trinajstić information content (AvgIpc) is 2.34. The number of nitriles is 2. The molecule has 5 nitrogen and oxygen atoms in total. The zero-order chi connectivity index (χ0) is 14.0. The lowest BCUT2D eigenvalue weighted by molar-refractivity contribution is -0.139. The number of hydrogen-bond acceptors (Lipinski definition) is 5. The van der Waals surface area contributed by atoms with Crippen molar-refractivity contribution in [2.45, 2.75) is 6.92 Å². The topological polar surface area (TPSA) is 77.1 Å². The van der Waals surface area contributed by atoms with E-state index in [0.717, 1.165) is 0 Å². The Kier molecular flexibility index (Phi) is 7.39. The number of likely N-dealkylation sites (N-methyl/N-ethyl adjacent to an activating group) is 1. The van der Waals surface area contributed by atoms with Gasteiger partial charge < -0.3 is 9.64 Å². The summed E-state index contributed by atoms with van der Waals surface area (Å²) in [6, 6.07) is 3.49. The van der Waals surface area contributed by atoms with Crippen molar-refractivity contribution in [2.24, 2.45) is 0 Å². The largest absolute Gasteiger partial charge is 0.460 e. The van der Waals surface area contributed by atoms with Gasteiger partial charge in [-0.05, 0) is 25.3 Å². The van der Waals surface area contributed by atoms with Crippen LogP contribution < -0.4 is 0 Å². The molecule has 0 saturated heterocycles. The van der Waals surface area contributed by atoms with Gasteiger partial charge in [-0.15, -0.1) is 0 Å². The fraction of sp³-hybridized carbons (Fsp3) is 0.308. The molecule has 0 aliphatic carbocycles. The molecule has 0 aromatic rings. The van der Waals surface area contributed by atoms with E-state index in [2.05, 4.69) is 6.58 Å². The van der Waals surface area contributed by atoms with Crippen LogP contribution in [0, 0.1) is 22.7 Å². The molecule has 0 atom stereocenters. The van der Waals surface area contributed by atoms with Crippen molar-refractivity contribution in [3.05, 3.63) is 36.1 Å². The van der Waals surface area contributed by atoms with E-state index in [-0.39, 0.29) is 12.2 Å². The third-order valence-corrected chi connectivity index (χ3v) is 1.87. The maximum absolute atomic E-state index is 11.1. The lowest BCUT2D eigenvalue weighted by Gasteiger charge is -2.13. The monoisotopic (exact) mass is 245 g/mol. The molecule has 18 heavy (non-hydrogen) atoms. The van der Waals surface area contributed by atoms with Crippen LogP contribution in [0.1, 0.15) is 6.92 Å². The highest BCUT2D eigenvalue weighted by Gasteiger charge is 2.02. The van der Waals surface area contributed by atoms with Crippen LogP contribution >= 0.6 is 0 Å². The molecule has 0 spiro atoms. The number of ether oxygens (including phenoxy) is 1. The minimum atomic E-state index is -0.413. The van der Waals surface area contributed by atoms with Crippen molar-refractivity contribution in [3.8, 4) is 12.1 Å². The van der Waals surface area contributed by atoms with E-state index in [1.807, 2.05) is 0 Å². The molecule has 0 aliphatic heterocycles. The fourth-order valence-corrected chi connectivity index (χ4v) is 0.866. The van der Waals surface area contributed by atoms with Crippen molar-refractivity contribution >= 4 is 5.97 Å². The maximum Gasteiger partial charge on any atom is 0.333 e. The van der Waals surface area contributed by atoms with Crippen LogP contribution in [0.3, 0.4) is 0 Å². The third-order valence-electron chi connectivity index (χ3n) is 1.87. The van der Waals surface area contributed by atoms with Gasteiger partial charge in [-0.1, -0.05) is 6.58 Å². The zero-order valence-corrected chi connectivity index (χ0v) is 10.5. The summed E-state index contributed by atoms with van der Waals surface area (Å²) >= 11 is 0. The molecule has 0 aliphatic rings. The first-order valence-corrected chi connectivity index (χ1v) is 5.22. The van der Waals surface area contributed by atoms with Crippen molar-refractivity contribution in [1.82, 2.24) is 4.90 Å². The highest BCUT2D eigenvalue weighted by atomic mass is 16.5. The Hall–Kier alpha value is -2.53. The first-order valence-electron chi connectivity index (χ1n) is 5.22. The van der Waals surface area contributed by atoms with Gasteiger partial charge in [0.15, 0.2) is 0 Å². The van der Waals surface area contributed by atoms with Crippen LogP contribution in [-0.2, 0) is 9.53 Å². The highest BCUT2D eigenvalue weighted by molar-refractivity contribution is 5.86. The molecule has 0 amide bonds. The van der Waals surface area contributed by atoms with E-state index >= 15 is 0 Å². The summed E-state index contributed by atoms with van der Waals surface area (Å²) in [7, 11) is 1.79. The van der Waals surface area contributed by atoms with Gasteiger partial charge in [-0.2, -0.15) is 10.5 Å². The van der Waals surface area contributed by atoms with Crippen LogP contribution in [0.4, 0.5) is 0 Å². The van der Waals surface area contributed by atoms with Crippen molar-refractivity contribution in [1.29, 1.82) is 10.5 Å². The molecule has 0 bridgehead atoms. The molecule has 0 rings (SSSR count). The van der Waals surface area contributed by atoms with Gasteiger partial charge in [0.25, 0.3) is 0 Å². The number of esters is 1. The Balaban J connectivity index is 4.03. The van der Waals surface area contributed by atoms with Crippen molar-refractivity contribution in [3.63, 3.8) is 0 Å². The first kappa shape index (κ1) is 15.5. The van der Waals surface area contributed by atoms with E-state index in [0.29, 0.717) is 12.1 Å². The van der Waals surface area contributed by atoms with E-state index in [9.17, 15) is 4.79 Å². The normalized spacial score (nSPS) is 9.11. The van der Waals surface area contributed by atoms with E-state index in [4.69, 9.17) is 15.3 Å². The van der Waals surface area contributed by atoms with Gasteiger partial charge in [0.1, 0.15) is 24.3 Å². The SMILES string of the molecule is C=C(C)C(=O)OCCN(C)/C=C/C=C(C#N)C#N. The van der Waals surface area contributed by atoms with Crippen LogP contribution in [-0.4, -0.2) is 31.1 Å². The van der Waals surface area contributed by atoms with Crippen LogP contribution in [0.15, 0.2) is 36.1 Å². The summed E-state index contributed by atoms with van der Waals surface area (Å²) < 4.78 is 4.91. The Bertz CT molecular complexity index is 434. The number of nitrogens with zero attached hydrogens (tertiary/aromatic N) is 3. The number of carbonyl (C=O) groups excluding carboxylic acids is 1. The van der Waals surface area contributed by atoms with Gasteiger partial charge >= 0.3 is 5.97 Å². The number of rotatable bonds is 6. The molecule has 0 heterocycles. The third kappa shape index (κ3) is 6.86. The standard InChI is InChI=1S/C13H15N3O2/c1-11(2)13(17)18-8-7-16(3)6-4-5-12(9-14)10-15/h4-6H,1,7-8H2,2-3H3/b6-4+. The van der Waals surface area contributed by atoms with Crippen LogP contribution in [0.5, 0.6) is 0 Å². The number of hydrogen-bond donors (Lipinski definition) is 0. The molecule has 0 radical (unpaired) electrons. The van der Waals surface area contributed by atoms with Gasteiger partial charge in [0.05, 0.1) is 6.54 Å². The van der Waals surface area contributed by atoms with Crippen LogP contribution in [0.25, 0.3) is 0 Å². The van der Waals surface area contributed by atoms with E-state index < -0.39 is 5.97 Å². The molecule has 0 unspecified atom stereocenters. The Morgan fingerprint density at radius 1 is 1.44 bits per heavy atom. The van der Waals surface area contributed by atoms with Crippen molar-refractivity contribution in [2.75, 3.05) is 20.2 Å². The summed E-state index contributed by atoms with van der Waals surface area (Å²) in [4.78, 5) is 12.8. The Morgan fingerprint density at radius 3 is 2.56 bits per heavy atom. The average molecular weight is 245 g/mol. The summed E-state index contributed by atoms with van der Waals surface area (Å²) in [5.74, 6) is -0.413. The number of allylic oxidation sites excluding steroid dienone is 3. The van der Waals surface area contributed by atoms with E-state index in [1.165, 1.54) is 6.08 Å². The molecule has 5 heteroatoms. The predicted octanol–water partition coefficient (Wildman–Crippen LogP) is 1.52. The van der Waals surface area contributed by atoms with Crippen LogP contribution in [0.2, 0.25) is 0 Å². The van der Waals surface area contributed by atoms with Gasteiger partial charge in [-0.3, -0.25) is 0 Å². The predicted molar refractivity (Wildman–Crippen MR) is 66.9 cm³/mol. The molecule has 0 N–H and O–H groups in total. The molecular formula is C13H15N3O2. The summed E-state index contributed by atoms with van der Waals surface area (Å²) in [5.41, 5.74) is 0.400. The molecule has 0 aromatic carbocycles. The highest BCUT2D eigenvalue weighted by Crippen LogP contribution is 1.94. The molecule has 0 aromatic heterocycles. The fourth-order valence-electron chi connectivity index (χ4n) is 0.866. The summed E-state index contributed by atoms with van der Waals surface area (Å²) in [5, 5.41) is 17.0. The molecule has 94 valence electrons. The number of carbonyl (C=O) groups is 1. The summed E-state index contributed by atoms with van der Waals surface area (Å²) in [6.07, 6.45) is 4.68. The second kappa shape index (κ2) is 8.60. The second-order valence-electron chi connectivity index (χ2n) is 3.54. The van der Waals surface area contributed by atoms with Crippen molar-refractivity contribution < 1.29 is 9.53 Å². The van der Waals surface area contributed by atoms with Gasteiger partial charge in [-0.25, -0.2) is 4.79 Å². The molecular weight excluding hydrogens is 230 g/mol. The molecule has 0 saturated carbocycles. The summed E-state index contributed by atoms with van der Waals surface area (Å²) in [6.45, 7) is 5.82. The first-order chi connectivity index (χ1) is 8.51. The smallest absolute Gasteiger partial charge is 0.333 e. The lowest BCUT2D eigenvalue weighted by atomic mass is 10.3. The van der Waals surface area contributed by atoms with Gasteiger partial charge in [0.2, 0.25) is 0 Å². The quantitative estimate of drug-likeness (QED) is 0.307. The molecule has 0 fully saturated rings. The van der Waals surface area contributed by atoms with E-state index in [1.54, 1.807) is 43.3 Å². The Morgan fingerprint density at radius 2 is 2.06 bits per heavy atom. The second-order valence-corrected chi connectivity index (χ2v) is 3.54. The minimum absolute atomic E-state index is 0.0355. The maximum atomic E-state index is 11.1. The Labute approximate surface area is 107 Å². The minimum Gasteiger partial charge on any atom is -0.460 e. The lowest BCUT2D eigenvalue weighted by Crippen LogP contribution is -2.19.